The molecule has 0 bridgehead atoms. The summed E-state index contributed by atoms with van der Waals surface area (Å²) in [6.07, 6.45) is 1.85. The van der Waals surface area contributed by atoms with E-state index in [9.17, 15) is 4.79 Å². The Morgan fingerprint density at radius 1 is 1.42 bits per heavy atom. The van der Waals surface area contributed by atoms with Crippen LogP contribution >= 0.6 is 0 Å². The van der Waals surface area contributed by atoms with Crippen molar-refractivity contribution in [3.05, 3.63) is 18.0 Å². The fraction of sp³-hybridized carbons (Fsp3) is 0.444. The molecule has 1 aromatic rings. The van der Waals surface area contributed by atoms with E-state index in [0.29, 0.717) is 0 Å². The number of nitrogens with one attached hydrogen (secondary N) is 1. The number of H-pyrrole nitrogens is 1. The number of hydrogen-bond acceptors (Lipinski definition) is 1. The van der Waals surface area contributed by atoms with Gasteiger partial charge in [0, 0.05) is 13.1 Å². The fourth-order valence-corrected chi connectivity index (χ4v) is 2.87. The highest BCUT2D eigenvalue weighted by Gasteiger charge is 2.22. The number of aromatic amines is 1. The first-order valence-corrected chi connectivity index (χ1v) is 7.61. The summed E-state index contributed by atoms with van der Waals surface area (Å²) in [5.74, 6) is 0.137. The van der Waals surface area contributed by atoms with Crippen molar-refractivity contribution in [3.8, 4) is 0 Å². The van der Waals surface area contributed by atoms with E-state index in [1.807, 2.05) is 12.3 Å². The number of Topliss-reactive ketones (excluding diaryl/α,β-unsaturated/α-hetero) is 1. The summed E-state index contributed by atoms with van der Waals surface area (Å²) < 4.78 is 0. The summed E-state index contributed by atoms with van der Waals surface area (Å²) in [5, 5.41) is 1.23. The maximum atomic E-state index is 11.2. The van der Waals surface area contributed by atoms with Crippen molar-refractivity contribution in [2.24, 2.45) is 0 Å². The molecule has 0 aliphatic rings. The number of aromatic nitrogens is 1. The third-order valence-electron chi connectivity index (χ3n) is 1.91. The highest BCUT2D eigenvalue weighted by molar-refractivity contribution is 6.89. The van der Waals surface area contributed by atoms with Gasteiger partial charge in [-0.25, -0.2) is 0 Å². The predicted molar refractivity (Wildman–Crippen MR) is 53.8 cm³/mol. The first-order chi connectivity index (χ1) is 5.43. The monoisotopic (exact) mass is 181 g/mol. The zero-order valence-corrected chi connectivity index (χ0v) is 9.06. The Balaban J connectivity index is 3.17. The highest BCUT2D eigenvalue weighted by atomic mass is 28.3. The molecule has 0 fully saturated rings. The van der Waals surface area contributed by atoms with Crippen LogP contribution in [0.25, 0.3) is 0 Å². The zero-order chi connectivity index (χ0) is 9.35. The van der Waals surface area contributed by atoms with Crippen LogP contribution in [0, 0.1) is 0 Å². The van der Waals surface area contributed by atoms with Gasteiger partial charge in [0.1, 0.15) is 0 Å². The number of ketones is 1. The summed E-state index contributed by atoms with van der Waals surface area (Å²) in [7, 11) is -1.34. The molecule has 0 radical (unpaired) electrons. The molecule has 0 saturated heterocycles. The van der Waals surface area contributed by atoms with Gasteiger partial charge < -0.3 is 4.98 Å². The lowest BCUT2D eigenvalue weighted by Crippen LogP contribution is -2.39. The minimum atomic E-state index is -1.34. The average Bonchev–Trinajstić information content (AvgIpc) is 2.30. The Morgan fingerprint density at radius 2 is 2.00 bits per heavy atom. The van der Waals surface area contributed by atoms with Crippen LogP contribution in [0.5, 0.6) is 0 Å². The van der Waals surface area contributed by atoms with E-state index in [0.717, 1.165) is 5.69 Å². The van der Waals surface area contributed by atoms with E-state index in [-0.39, 0.29) is 5.78 Å². The van der Waals surface area contributed by atoms with Gasteiger partial charge in [-0.1, -0.05) is 19.6 Å². The Morgan fingerprint density at radius 3 is 2.33 bits per heavy atom. The molecule has 2 nitrogen and oxygen atoms in total. The van der Waals surface area contributed by atoms with Crippen LogP contribution in [0.1, 0.15) is 17.4 Å². The van der Waals surface area contributed by atoms with Crippen molar-refractivity contribution in [1.29, 1.82) is 0 Å². The Kier molecular flexibility index (Phi) is 2.24. The Hall–Kier alpha value is -0.833. The minimum Gasteiger partial charge on any atom is -0.359 e. The highest BCUT2D eigenvalue weighted by Crippen LogP contribution is 2.05. The van der Waals surface area contributed by atoms with Crippen LogP contribution in [0.3, 0.4) is 0 Å². The van der Waals surface area contributed by atoms with Crippen molar-refractivity contribution >= 4 is 19.0 Å². The lowest BCUT2D eigenvalue weighted by molar-refractivity contribution is 0.101. The molecule has 1 heterocycles. The lowest BCUT2D eigenvalue weighted by Gasteiger charge is -2.15. The summed E-state index contributed by atoms with van der Waals surface area (Å²) in [6, 6.07) is 2.03. The number of carbonyl (C=O) groups excluding carboxylic acids is 1. The van der Waals surface area contributed by atoms with Gasteiger partial charge in [0.2, 0.25) is 0 Å². The molecule has 0 aliphatic carbocycles. The van der Waals surface area contributed by atoms with E-state index in [2.05, 4.69) is 24.6 Å². The van der Waals surface area contributed by atoms with E-state index in [1.54, 1.807) is 6.92 Å². The summed E-state index contributed by atoms with van der Waals surface area (Å²) in [6.45, 7) is 8.32. The molecule has 0 spiro atoms. The standard InChI is InChI=1S/C9H15NOSi/c1-7(11)9-8(5-6-10-9)12(2,3)4/h5-6,10H,1-4H3. The normalized spacial score (nSPS) is 11.7. The first kappa shape index (κ1) is 9.26. The molecule has 0 atom stereocenters. The molecule has 0 unspecified atom stereocenters. The largest absolute Gasteiger partial charge is 0.359 e. The van der Waals surface area contributed by atoms with Gasteiger partial charge >= 0.3 is 0 Å². The van der Waals surface area contributed by atoms with E-state index < -0.39 is 8.07 Å². The van der Waals surface area contributed by atoms with E-state index in [4.69, 9.17) is 0 Å². The van der Waals surface area contributed by atoms with Gasteiger partial charge in [0.15, 0.2) is 5.78 Å². The van der Waals surface area contributed by atoms with Crippen molar-refractivity contribution in [2.45, 2.75) is 26.6 Å². The van der Waals surface area contributed by atoms with Gasteiger partial charge in [0.25, 0.3) is 0 Å². The minimum absolute atomic E-state index is 0.137. The van der Waals surface area contributed by atoms with Crippen LogP contribution in [0.15, 0.2) is 12.3 Å². The Bertz CT molecular complexity index is 296. The molecule has 3 heteroatoms. The zero-order valence-electron chi connectivity index (χ0n) is 8.06. The second-order valence-electron chi connectivity index (χ2n) is 4.07. The fourth-order valence-electron chi connectivity index (χ4n) is 1.29. The van der Waals surface area contributed by atoms with E-state index in [1.165, 1.54) is 5.19 Å². The average molecular weight is 181 g/mol. The van der Waals surface area contributed by atoms with Crippen LogP contribution in [0.4, 0.5) is 0 Å². The summed E-state index contributed by atoms with van der Waals surface area (Å²) in [5.41, 5.74) is 0.800. The summed E-state index contributed by atoms with van der Waals surface area (Å²) in [4.78, 5) is 14.2. The van der Waals surface area contributed by atoms with Gasteiger partial charge in [-0.2, -0.15) is 0 Å². The molecule has 0 saturated carbocycles. The van der Waals surface area contributed by atoms with Gasteiger partial charge in [-0.05, 0) is 11.3 Å². The molecule has 66 valence electrons. The number of rotatable bonds is 2. The SMILES string of the molecule is CC(=O)c1[nH]ccc1[Si](C)(C)C. The van der Waals surface area contributed by atoms with E-state index >= 15 is 0 Å². The lowest BCUT2D eigenvalue weighted by atomic mass is 10.3. The molecule has 12 heavy (non-hydrogen) atoms. The molecular weight excluding hydrogens is 166 g/mol. The van der Waals surface area contributed by atoms with Gasteiger partial charge in [-0.15, -0.1) is 0 Å². The molecule has 1 rings (SSSR count). The number of carbonyl (C=O) groups is 1. The summed E-state index contributed by atoms with van der Waals surface area (Å²) >= 11 is 0. The third-order valence-corrected chi connectivity index (χ3v) is 3.94. The van der Waals surface area contributed by atoms with Gasteiger partial charge in [-0.3, -0.25) is 4.79 Å². The molecule has 0 aliphatic heterocycles. The maximum Gasteiger partial charge on any atom is 0.175 e. The molecule has 1 aromatic heterocycles. The number of hydrogen-bond donors (Lipinski definition) is 1. The first-order valence-electron chi connectivity index (χ1n) is 4.11. The maximum absolute atomic E-state index is 11.2. The van der Waals surface area contributed by atoms with Crippen LogP contribution in [0.2, 0.25) is 19.6 Å². The Labute approximate surface area is 74.0 Å². The second-order valence-corrected chi connectivity index (χ2v) is 9.11. The molecule has 0 amide bonds. The van der Waals surface area contributed by atoms with Crippen molar-refractivity contribution < 1.29 is 4.79 Å². The van der Waals surface area contributed by atoms with Gasteiger partial charge in [0.05, 0.1) is 13.8 Å². The topological polar surface area (TPSA) is 32.9 Å². The van der Waals surface area contributed by atoms with Crippen LogP contribution in [-0.2, 0) is 0 Å². The molecule has 0 aromatic carbocycles. The smallest absolute Gasteiger partial charge is 0.175 e. The quantitative estimate of drug-likeness (QED) is 0.547. The predicted octanol–water partition coefficient (Wildman–Crippen LogP) is 1.76. The molecule has 1 N–H and O–H groups in total. The van der Waals surface area contributed by atoms with Crippen molar-refractivity contribution in [2.75, 3.05) is 0 Å². The van der Waals surface area contributed by atoms with Crippen molar-refractivity contribution in [3.63, 3.8) is 0 Å². The second kappa shape index (κ2) is 2.90. The van der Waals surface area contributed by atoms with Crippen LogP contribution in [-0.4, -0.2) is 18.8 Å². The molecular formula is C9H15NOSi. The third kappa shape index (κ3) is 1.66. The van der Waals surface area contributed by atoms with Crippen LogP contribution < -0.4 is 5.19 Å². The van der Waals surface area contributed by atoms with Crippen molar-refractivity contribution in [1.82, 2.24) is 4.98 Å².